The summed E-state index contributed by atoms with van der Waals surface area (Å²) in [7, 11) is 0. The van der Waals surface area contributed by atoms with Crippen LogP contribution in [0.5, 0.6) is 0 Å². The van der Waals surface area contributed by atoms with E-state index in [0.717, 1.165) is 30.7 Å². The average Bonchev–Trinajstić information content (AvgIpc) is 3.02. The number of rotatable bonds is 2. The normalized spacial score (nSPS) is 24.0. The largest absolute Gasteiger partial charge is 0.367 e. The Morgan fingerprint density at radius 1 is 1.36 bits per heavy atom. The Bertz CT molecular complexity index is 467. The van der Waals surface area contributed by atoms with Crippen LogP contribution in [0.3, 0.4) is 0 Å². The van der Waals surface area contributed by atoms with Crippen molar-refractivity contribution in [1.82, 2.24) is 9.88 Å². The third-order valence-electron chi connectivity index (χ3n) is 4.25. The maximum Gasteiger partial charge on any atom is 0.242 e. The predicted octanol–water partition coefficient (Wildman–Crippen LogP) is 2.55. The number of nitrogens with zero attached hydrogens (tertiary/aromatic N) is 2. The first-order valence-electron chi connectivity index (χ1n) is 7.28. The molecule has 2 aliphatic rings. The maximum atomic E-state index is 12.7. The van der Waals surface area contributed by atoms with E-state index in [1.807, 2.05) is 10.3 Å². The van der Waals surface area contributed by atoms with Gasteiger partial charge in [0.05, 0.1) is 18.7 Å². The van der Waals surface area contributed by atoms with Crippen LogP contribution in [0.25, 0.3) is 0 Å². The van der Waals surface area contributed by atoms with Crippen molar-refractivity contribution in [1.29, 1.82) is 0 Å². The summed E-state index contributed by atoms with van der Waals surface area (Å²) >= 11 is 1.57. The highest BCUT2D eigenvalue weighted by Crippen LogP contribution is 2.30. The van der Waals surface area contributed by atoms with Gasteiger partial charge in [-0.3, -0.25) is 4.79 Å². The van der Waals surface area contributed by atoms with Gasteiger partial charge in [-0.1, -0.05) is 19.3 Å². The van der Waals surface area contributed by atoms with Gasteiger partial charge in [-0.05, 0) is 12.8 Å². The molecule has 1 atom stereocenters. The highest BCUT2D eigenvalue weighted by atomic mass is 35.5. The summed E-state index contributed by atoms with van der Waals surface area (Å²) < 4.78 is 5.74. The molecule has 1 aromatic heterocycles. The predicted molar refractivity (Wildman–Crippen MR) is 91.9 cm³/mol. The fourth-order valence-electron chi connectivity index (χ4n) is 3.09. The maximum absolute atomic E-state index is 12.7. The Kier molecular flexibility index (Phi) is 7.55. The van der Waals surface area contributed by atoms with Crippen molar-refractivity contribution in [3.8, 4) is 0 Å². The summed E-state index contributed by atoms with van der Waals surface area (Å²) in [6.07, 6.45) is 6.61. The molecule has 5 nitrogen and oxygen atoms in total. The molecule has 1 aliphatic carbocycles. The second kappa shape index (κ2) is 8.45. The van der Waals surface area contributed by atoms with Gasteiger partial charge < -0.3 is 15.4 Å². The van der Waals surface area contributed by atoms with Crippen molar-refractivity contribution in [2.75, 3.05) is 19.7 Å². The molecule has 1 saturated heterocycles. The van der Waals surface area contributed by atoms with E-state index in [1.54, 1.807) is 17.5 Å². The highest BCUT2D eigenvalue weighted by Gasteiger charge is 2.40. The Morgan fingerprint density at radius 3 is 2.73 bits per heavy atom. The molecule has 2 fully saturated rings. The zero-order valence-corrected chi connectivity index (χ0v) is 14.9. The van der Waals surface area contributed by atoms with E-state index in [0.29, 0.717) is 19.7 Å². The van der Waals surface area contributed by atoms with Gasteiger partial charge in [-0.2, -0.15) is 0 Å². The molecule has 1 amide bonds. The van der Waals surface area contributed by atoms with Crippen LogP contribution in [0.4, 0.5) is 0 Å². The van der Waals surface area contributed by atoms with Gasteiger partial charge in [0, 0.05) is 18.1 Å². The van der Waals surface area contributed by atoms with E-state index in [-0.39, 0.29) is 36.8 Å². The lowest BCUT2D eigenvalue weighted by atomic mass is 9.81. The lowest BCUT2D eigenvalue weighted by Gasteiger charge is -2.40. The van der Waals surface area contributed by atoms with Crippen LogP contribution in [0, 0.1) is 0 Å². The molecular weight excluding hydrogens is 345 g/mol. The van der Waals surface area contributed by atoms with Crippen molar-refractivity contribution in [2.24, 2.45) is 5.73 Å². The number of carbonyl (C=O) groups is 1. The van der Waals surface area contributed by atoms with Gasteiger partial charge in [-0.25, -0.2) is 4.98 Å². The van der Waals surface area contributed by atoms with Gasteiger partial charge >= 0.3 is 0 Å². The molecule has 0 bridgehead atoms. The smallest absolute Gasteiger partial charge is 0.242 e. The summed E-state index contributed by atoms with van der Waals surface area (Å²) in [6.45, 7) is 1.77. The zero-order chi connectivity index (χ0) is 14.0. The molecule has 0 radical (unpaired) electrons. The Labute approximate surface area is 147 Å². The SMILES string of the molecule is Cl.Cl.NC1(C(=O)N2CCOC(c3nccs3)C2)CCCCC1. The summed E-state index contributed by atoms with van der Waals surface area (Å²) in [5.41, 5.74) is 5.70. The van der Waals surface area contributed by atoms with Crippen molar-refractivity contribution in [3.05, 3.63) is 16.6 Å². The van der Waals surface area contributed by atoms with Crippen LogP contribution in [0.15, 0.2) is 11.6 Å². The van der Waals surface area contributed by atoms with Gasteiger partial charge in [0.25, 0.3) is 0 Å². The van der Waals surface area contributed by atoms with Crippen LogP contribution >= 0.6 is 36.2 Å². The minimum Gasteiger partial charge on any atom is -0.367 e. The second-order valence-electron chi connectivity index (χ2n) is 5.70. The molecule has 126 valence electrons. The summed E-state index contributed by atoms with van der Waals surface area (Å²) in [4.78, 5) is 18.9. The molecule has 3 rings (SSSR count). The van der Waals surface area contributed by atoms with E-state index in [9.17, 15) is 4.79 Å². The molecule has 1 aliphatic heterocycles. The monoisotopic (exact) mass is 367 g/mol. The van der Waals surface area contributed by atoms with E-state index in [4.69, 9.17) is 10.5 Å². The molecule has 1 saturated carbocycles. The Balaban J connectivity index is 0.00000121. The quantitative estimate of drug-likeness (QED) is 0.871. The lowest BCUT2D eigenvalue weighted by Crippen LogP contribution is -2.58. The van der Waals surface area contributed by atoms with Crippen LogP contribution in [-0.4, -0.2) is 41.0 Å². The molecule has 0 aromatic carbocycles. The van der Waals surface area contributed by atoms with Gasteiger partial charge in [-0.15, -0.1) is 36.2 Å². The minimum atomic E-state index is -0.650. The average molecular weight is 368 g/mol. The molecule has 8 heteroatoms. The first-order valence-corrected chi connectivity index (χ1v) is 8.16. The van der Waals surface area contributed by atoms with Gasteiger partial charge in [0.1, 0.15) is 11.1 Å². The number of halogens is 2. The third-order valence-corrected chi connectivity index (χ3v) is 5.12. The van der Waals surface area contributed by atoms with Crippen molar-refractivity contribution in [2.45, 2.75) is 43.7 Å². The number of ether oxygens (including phenoxy) is 1. The Hall–Kier alpha value is -0.400. The third kappa shape index (κ3) is 4.11. The summed E-state index contributed by atoms with van der Waals surface area (Å²) in [5, 5.41) is 2.88. The minimum absolute atomic E-state index is 0. The van der Waals surface area contributed by atoms with E-state index >= 15 is 0 Å². The number of nitrogens with two attached hydrogens (primary N) is 1. The number of thiazole rings is 1. The lowest BCUT2D eigenvalue weighted by molar-refractivity contribution is -0.146. The number of carbonyl (C=O) groups excluding carboxylic acids is 1. The van der Waals surface area contributed by atoms with Crippen LogP contribution in [0.1, 0.15) is 43.2 Å². The molecular formula is C14H23Cl2N3O2S. The Morgan fingerprint density at radius 2 is 2.09 bits per heavy atom. The van der Waals surface area contributed by atoms with E-state index in [1.165, 1.54) is 6.42 Å². The number of hydrogen-bond acceptors (Lipinski definition) is 5. The zero-order valence-electron chi connectivity index (χ0n) is 12.4. The van der Waals surface area contributed by atoms with Gasteiger partial charge in [0.15, 0.2) is 0 Å². The number of morpholine rings is 1. The van der Waals surface area contributed by atoms with Crippen molar-refractivity contribution >= 4 is 42.1 Å². The fraction of sp³-hybridized carbons (Fsp3) is 0.714. The standard InChI is InChI=1S/C14H21N3O2S.2ClH/c15-14(4-2-1-3-5-14)13(18)17-7-8-19-11(10-17)12-16-6-9-20-12;;/h6,9,11H,1-5,7-8,10,15H2;2*1H. The summed E-state index contributed by atoms with van der Waals surface area (Å²) in [6, 6.07) is 0. The number of hydrogen-bond donors (Lipinski definition) is 1. The second-order valence-corrected chi connectivity index (χ2v) is 6.62. The van der Waals surface area contributed by atoms with Gasteiger partial charge in [0.2, 0.25) is 5.91 Å². The molecule has 1 aromatic rings. The van der Waals surface area contributed by atoms with Crippen LogP contribution in [-0.2, 0) is 9.53 Å². The molecule has 2 N–H and O–H groups in total. The molecule has 1 unspecified atom stereocenters. The van der Waals surface area contributed by atoms with Crippen LogP contribution < -0.4 is 5.73 Å². The van der Waals surface area contributed by atoms with E-state index < -0.39 is 5.54 Å². The van der Waals surface area contributed by atoms with Crippen molar-refractivity contribution in [3.63, 3.8) is 0 Å². The first-order chi connectivity index (χ1) is 9.69. The summed E-state index contributed by atoms with van der Waals surface area (Å²) in [5.74, 6) is 0.0991. The fourth-order valence-corrected chi connectivity index (χ4v) is 3.77. The molecule has 0 spiro atoms. The van der Waals surface area contributed by atoms with Crippen LogP contribution in [0.2, 0.25) is 0 Å². The topological polar surface area (TPSA) is 68.5 Å². The molecule has 22 heavy (non-hydrogen) atoms. The van der Waals surface area contributed by atoms with Crippen molar-refractivity contribution < 1.29 is 9.53 Å². The number of amides is 1. The first kappa shape index (κ1) is 19.6. The highest BCUT2D eigenvalue weighted by molar-refractivity contribution is 7.09. The number of aromatic nitrogens is 1. The molecule has 2 heterocycles. The van der Waals surface area contributed by atoms with E-state index in [2.05, 4.69) is 4.98 Å².